The predicted octanol–water partition coefficient (Wildman–Crippen LogP) is 1.54. The number of likely N-dealkylation sites (N-methyl/N-ethyl adjacent to an activating group) is 1. The summed E-state index contributed by atoms with van der Waals surface area (Å²) in [6.45, 7) is 12.0. The van der Waals surface area contributed by atoms with Crippen molar-refractivity contribution in [3.63, 3.8) is 0 Å². The van der Waals surface area contributed by atoms with E-state index in [0.29, 0.717) is 0 Å². The number of hydrogen-bond acceptors (Lipinski definition) is 3. The van der Waals surface area contributed by atoms with E-state index in [-0.39, 0.29) is 0 Å². The highest BCUT2D eigenvalue weighted by atomic mass is 15.2. The van der Waals surface area contributed by atoms with Crippen molar-refractivity contribution in [2.45, 2.75) is 0 Å². The summed E-state index contributed by atoms with van der Waals surface area (Å²) >= 11 is 0. The van der Waals surface area contributed by atoms with Crippen LogP contribution in [0.3, 0.4) is 0 Å². The molecule has 1 heterocycles. The zero-order chi connectivity index (χ0) is 13.5. The van der Waals surface area contributed by atoms with E-state index in [1.54, 1.807) is 0 Å². The third kappa shape index (κ3) is 4.78. The quantitative estimate of drug-likeness (QED) is 0.836. The number of piperazine rings is 1. The fourth-order valence-corrected chi connectivity index (χ4v) is 2.42. The summed E-state index contributed by atoms with van der Waals surface area (Å²) in [6.07, 6.45) is 0. The molecule has 1 fully saturated rings. The smallest absolute Gasteiger partial charge is 0.0231 e. The van der Waals surface area contributed by atoms with Gasteiger partial charge in [0.15, 0.2) is 0 Å². The summed E-state index contributed by atoms with van der Waals surface area (Å²) in [6, 6.07) is 10.5. The van der Waals surface area contributed by atoms with Crippen LogP contribution in [-0.2, 0) is 0 Å². The standard InChI is InChI=1S/C16H25N3/c1-15(16-6-4-3-5-7-16)14-18(2)12-13-19-10-8-17-9-11-19/h3-7,17H,1,8-14H2,2H3. The normalized spacial score (nSPS) is 16.7. The molecule has 0 amide bonds. The summed E-state index contributed by atoms with van der Waals surface area (Å²) in [7, 11) is 2.18. The summed E-state index contributed by atoms with van der Waals surface area (Å²) in [5, 5.41) is 3.39. The second kappa shape index (κ2) is 7.43. The monoisotopic (exact) mass is 259 g/mol. The third-order valence-electron chi connectivity index (χ3n) is 3.65. The molecule has 0 saturated carbocycles. The molecule has 0 bridgehead atoms. The van der Waals surface area contributed by atoms with Crippen LogP contribution in [0.25, 0.3) is 5.57 Å². The Bertz CT molecular complexity index is 382. The first-order valence-corrected chi connectivity index (χ1v) is 7.10. The van der Waals surface area contributed by atoms with E-state index in [0.717, 1.165) is 32.7 Å². The molecule has 104 valence electrons. The van der Waals surface area contributed by atoms with Gasteiger partial charge in [-0.15, -0.1) is 0 Å². The molecule has 1 saturated heterocycles. The van der Waals surface area contributed by atoms with Gasteiger partial charge < -0.3 is 10.2 Å². The highest BCUT2D eigenvalue weighted by molar-refractivity contribution is 5.64. The maximum atomic E-state index is 4.19. The topological polar surface area (TPSA) is 18.5 Å². The molecule has 1 aromatic carbocycles. The fraction of sp³-hybridized carbons (Fsp3) is 0.500. The first-order chi connectivity index (χ1) is 9.25. The second-order valence-corrected chi connectivity index (χ2v) is 5.30. The van der Waals surface area contributed by atoms with E-state index in [2.05, 4.69) is 53.0 Å². The highest BCUT2D eigenvalue weighted by Gasteiger charge is 2.10. The van der Waals surface area contributed by atoms with Crippen molar-refractivity contribution in [1.29, 1.82) is 0 Å². The van der Waals surface area contributed by atoms with Crippen LogP contribution in [0.5, 0.6) is 0 Å². The molecule has 1 aliphatic heterocycles. The number of nitrogens with one attached hydrogen (secondary N) is 1. The van der Waals surface area contributed by atoms with Crippen molar-refractivity contribution < 1.29 is 0 Å². The van der Waals surface area contributed by atoms with E-state index in [4.69, 9.17) is 0 Å². The zero-order valence-corrected chi connectivity index (χ0v) is 11.9. The van der Waals surface area contributed by atoms with E-state index < -0.39 is 0 Å². The van der Waals surface area contributed by atoms with Gasteiger partial charge >= 0.3 is 0 Å². The number of hydrogen-bond donors (Lipinski definition) is 1. The number of benzene rings is 1. The van der Waals surface area contributed by atoms with Crippen LogP contribution in [0.1, 0.15) is 5.56 Å². The van der Waals surface area contributed by atoms with E-state index >= 15 is 0 Å². The highest BCUT2D eigenvalue weighted by Crippen LogP contribution is 2.12. The summed E-state index contributed by atoms with van der Waals surface area (Å²) in [5.74, 6) is 0. The summed E-state index contributed by atoms with van der Waals surface area (Å²) in [4.78, 5) is 4.88. The van der Waals surface area contributed by atoms with Crippen LogP contribution >= 0.6 is 0 Å². The van der Waals surface area contributed by atoms with E-state index in [1.165, 1.54) is 24.2 Å². The van der Waals surface area contributed by atoms with Crippen molar-refractivity contribution >= 4 is 5.57 Å². The molecule has 1 aromatic rings. The fourth-order valence-electron chi connectivity index (χ4n) is 2.42. The van der Waals surface area contributed by atoms with Gasteiger partial charge in [0.05, 0.1) is 0 Å². The number of rotatable bonds is 6. The summed E-state index contributed by atoms with van der Waals surface area (Å²) < 4.78 is 0. The first kappa shape index (κ1) is 14.3. The van der Waals surface area contributed by atoms with Crippen LogP contribution in [-0.4, -0.2) is 62.7 Å². The molecular weight excluding hydrogens is 234 g/mol. The van der Waals surface area contributed by atoms with E-state index in [9.17, 15) is 0 Å². The van der Waals surface area contributed by atoms with Crippen LogP contribution in [0.4, 0.5) is 0 Å². The second-order valence-electron chi connectivity index (χ2n) is 5.30. The van der Waals surface area contributed by atoms with E-state index in [1.807, 2.05) is 6.07 Å². The Morgan fingerprint density at radius 3 is 2.63 bits per heavy atom. The van der Waals surface area contributed by atoms with Crippen LogP contribution in [0, 0.1) is 0 Å². The third-order valence-corrected chi connectivity index (χ3v) is 3.65. The number of nitrogens with zero attached hydrogens (tertiary/aromatic N) is 2. The van der Waals surface area contributed by atoms with Crippen molar-refractivity contribution in [3.8, 4) is 0 Å². The van der Waals surface area contributed by atoms with Gasteiger partial charge in [0.2, 0.25) is 0 Å². The predicted molar refractivity (Wildman–Crippen MR) is 82.3 cm³/mol. The largest absolute Gasteiger partial charge is 0.314 e. The van der Waals surface area contributed by atoms with Gasteiger partial charge in [-0.2, -0.15) is 0 Å². The molecule has 0 spiro atoms. The zero-order valence-electron chi connectivity index (χ0n) is 11.9. The van der Waals surface area contributed by atoms with Gasteiger partial charge in [-0.3, -0.25) is 4.90 Å². The lowest BCUT2D eigenvalue weighted by molar-refractivity contribution is 0.212. The van der Waals surface area contributed by atoms with Crippen molar-refractivity contribution in [2.75, 3.05) is 52.9 Å². The molecule has 0 unspecified atom stereocenters. The maximum absolute atomic E-state index is 4.19. The Morgan fingerprint density at radius 2 is 1.95 bits per heavy atom. The molecule has 19 heavy (non-hydrogen) atoms. The lowest BCUT2D eigenvalue weighted by Crippen LogP contribution is -2.46. The Kier molecular flexibility index (Phi) is 5.58. The Morgan fingerprint density at radius 1 is 1.26 bits per heavy atom. The molecule has 1 aliphatic rings. The molecule has 3 nitrogen and oxygen atoms in total. The molecule has 0 atom stereocenters. The maximum Gasteiger partial charge on any atom is 0.0231 e. The molecular formula is C16H25N3. The Hall–Kier alpha value is -1.16. The van der Waals surface area contributed by atoms with Gasteiger partial charge in [-0.1, -0.05) is 36.9 Å². The minimum absolute atomic E-state index is 0.941. The average Bonchev–Trinajstić information content (AvgIpc) is 2.47. The molecule has 0 radical (unpaired) electrons. The molecule has 0 aromatic heterocycles. The SMILES string of the molecule is C=C(CN(C)CCN1CCNCC1)c1ccccc1. The van der Waals surface area contributed by atoms with Gasteiger partial charge in [-0.25, -0.2) is 0 Å². The van der Waals surface area contributed by atoms with Crippen LogP contribution in [0.15, 0.2) is 36.9 Å². The van der Waals surface area contributed by atoms with Crippen LogP contribution in [0.2, 0.25) is 0 Å². The lowest BCUT2D eigenvalue weighted by atomic mass is 10.1. The Labute approximate surface area is 116 Å². The molecule has 1 N–H and O–H groups in total. The van der Waals surface area contributed by atoms with Crippen molar-refractivity contribution in [3.05, 3.63) is 42.5 Å². The van der Waals surface area contributed by atoms with Crippen molar-refractivity contribution in [1.82, 2.24) is 15.1 Å². The average molecular weight is 259 g/mol. The van der Waals surface area contributed by atoms with Gasteiger partial charge in [0, 0.05) is 45.8 Å². The Balaban J connectivity index is 1.71. The van der Waals surface area contributed by atoms with Crippen LogP contribution < -0.4 is 5.32 Å². The van der Waals surface area contributed by atoms with Gasteiger partial charge in [-0.05, 0) is 18.2 Å². The molecule has 0 aliphatic carbocycles. The summed E-state index contributed by atoms with van der Waals surface area (Å²) in [5.41, 5.74) is 2.44. The lowest BCUT2D eigenvalue weighted by Gasteiger charge is -2.29. The minimum Gasteiger partial charge on any atom is -0.314 e. The van der Waals surface area contributed by atoms with Crippen molar-refractivity contribution in [2.24, 2.45) is 0 Å². The minimum atomic E-state index is 0.941. The van der Waals surface area contributed by atoms with Gasteiger partial charge in [0.1, 0.15) is 0 Å². The molecule has 2 rings (SSSR count). The van der Waals surface area contributed by atoms with Gasteiger partial charge in [0.25, 0.3) is 0 Å². The molecule has 3 heteroatoms. The first-order valence-electron chi connectivity index (χ1n) is 7.10.